The van der Waals surface area contributed by atoms with Gasteiger partial charge < -0.3 is 19.7 Å². The largest absolute Gasteiger partial charge is 0.379 e. The fourth-order valence-electron chi connectivity index (χ4n) is 3.74. The Labute approximate surface area is 167 Å². The van der Waals surface area contributed by atoms with Crippen molar-refractivity contribution in [1.82, 2.24) is 15.1 Å². The van der Waals surface area contributed by atoms with Gasteiger partial charge in [0.2, 0.25) is 11.8 Å². The zero-order valence-corrected chi connectivity index (χ0v) is 17.6. The number of ether oxygens (including phenoxy) is 2. The van der Waals surface area contributed by atoms with E-state index in [0.717, 1.165) is 39.1 Å². The lowest BCUT2D eigenvalue weighted by molar-refractivity contribution is -0.132. The molecule has 0 spiro atoms. The van der Waals surface area contributed by atoms with Crippen LogP contribution in [0.4, 0.5) is 0 Å². The van der Waals surface area contributed by atoms with Crippen molar-refractivity contribution in [2.45, 2.75) is 32.7 Å². The van der Waals surface area contributed by atoms with Gasteiger partial charge in [0, 0.05) is 38.8 Å². The van der Waals surface area contributed by atoms with E-state index >= 15 is 0 Å². The zero-order valence-electron chi connectivity index (χ0n) is 16.8. The SMILES string of the molecule is CCC(CC)C(CNC(=O)CSCC(=O)N1CCOCC1)N1CCOCC1. The summed E-state index contributed by atoms with van der Waals surface area (Å²) in [6.45, 7) is 11.0. The van der Waals surface area contributed by atoms with E-state index < -0.39 is 0 Å². The van der Waals surface area contributed by atoms with Crippen LogP contribution in [-0.2, 0) is 19.1 Å². The molecule has 0 radical (unpaired) electrons. The minimum Gasteiger partial charge on any atom is -0.379 e. The highest BCUT2D eigenvalue weighted by atomic mass is 32.2. The second-order valence-corrected chi connectivity index (χ2v) is 8.07. The first-order chi connectivity index (χ1) is 13.2. The van der Waals surface area contributed by atoms with Gasteiger partial charge in [0.05, 0.1) is 37.9 Å². The molecule has 2 aliphatic heterocycles. The third-order valence-electron chi connectivity index (χ3n) is 5.44. The van der Waals surface area contributed by atoms with Gasteiger partial charge in [0.25, 0.3) is 0 Å². The molecule has 2 amide bonds. The van der Waals surface area contributed by atoms with Crippen LogP contribution < -0.4 is 5.32 Å². The molecule has 0 aromatic heterocycles. The van der Waals surface area contributed by atoms with E-state index in [9.17, 15) is 9.59 Å². The Hall–Kier alpha value is -0.830. The Balaban J connectivity index is 1.71. The maximum absolute atomic E-state index is 12.3. The number of morpholine rings is 2. The summed E-state index contributed by atoms with van der Waals surface area (Å²) in [6.07, 6.45) is 2.22. The third kappa shape index (κ3) is 7.60. The van der Waals surface area contributed by atoms with Crippen LogP contribution in [0.3, 0.4) is 0 Å². The Morgan fingerprint density at radius 2 is 1.56 bits per heavy atom. The van der Waals surface area contributed by atoms with Gasteiger partial charge in [0.1, 0.15) is 0 Å². The van der Waals surface area contributed by atoms with Crippen LogP contribution in [0.15, 0.2) is 0 Å². The van der Waals surface area contributed by atoms with Gasteiger partial charge in [-0.1, -0.05) is 26.7 Å². The summed E-state index contributed by atoms with van der Waals surface area (Å²) in [5.74, 6) is 1.36. The molecule has 2 rings (SSSR count). The average molecular weight is 402 g/mol. The molecule has 0 aliphatic carbocycles. The summed E-state index contributed by atoms with van der Waals surface area (Å²) in [4.78, 5) is 28.7. The van der Waals surface area contributed by atoms with Crippen LogP contribution in [0.25, 0.3) is 0 Å². The molecule has 1 unspecified atom stereocenters. The molecule has 0 aromatic rings. The maximum Gasteiger partial charge on any atom is 0.232 e. The van der Waals surface area contributed by atoms with Gasteiger partial charge in [0.15, 0.2) is 0 Å². The Bertz CT molecular complexity index is 450. The van der Waals surface area contributed by atoms with Crippen molar-refractivity contribution in [3.8, 4) is 0 Å². The van der Waals surface area contributed by atoms with Crippen LogP contribution in [0.5, 0.6) is 0 Å². The number of hydrogen-bond acceptors (Lipinski definition) is 6. The van der Waals surface area contributed by atoms with Crippen LogP contribution >= 0.6 is 11.8 Å². The first-order valence-electron chi connectivity index (χ1n) is 10.2. The van der Waals surface area contributed by atoms with E-state index in [1.54, 1.807) is 0 Å². The van der Waals surface area contributed by atoms with Crippen LogP contribution in [0, 0.1) is 5.92 Å². The minimum absolute atomic E-state index is 0.0130. The number of nitrogens with one attached hydrogen (secondary N) is 1. The molecule has 8 heteroatoms. The molecule has 0 bridgehead atoms. The van der Waals surface area contributed by atoms with E-state index in [1.165, 1.54) is 11.8 Å². The Kier molecular flexibility index (Phi) is 10.5. The first kappa shape index (κ1) is 22.5. The number of carbonyl (C=O) groups excluding carboxylic acids is 2. The minimum atomic E-state index is 0.0130. The molecular weight excluding hydrogens is 366 g/mol. The second kappa shape index (κ2) is 12.6. The molecule has 2 heterocycles. The average Bonchev–Trinajstić information content (AvgIpc) is 2.72. The van der Waals surface area contributed by atoms with Crippen molar-refractivity contribution in [3.63, 3.8) is 0 Å². The van der Waals surface area contributed by atoms with E-state index in [2.05, 4.69) is 24.1 Å². The summed E-state index contributed by atoms with van der Waals surface area (Å²) in [5.41, 5.74) is 0. The van der Waals surface area contributed by atoms with Crippen molar-refractivity contribution in [3.05, 3.63) is 0 Å². The zero-order chi connectivity index (χ0) is 19.5. The van der Waals surface area contributed by atoms with Gasteiger partial charge in [-0.05, 0) is 5.92 Å². The van der Waals surface area contributed by atoms with Crippen molar-refractivity contribution in [2.75, 3.05) is 70.7 Å². The van der Waals surface area contributed by atoms with Gasteiger partial charge in [-0.2, -0.15) is 0 Å². The molecule has 2 aliphatic rings. The molecule has 27 heavy (non-hydrogen) atoms. The Morgan fingerprint density at radius 3 is 2.15 bits per heavy atom. The first-order valence-corrected chi connectivity index (χ1v) is 11.3. The molecule has 1 N–H and O–H groups in total. The number of hydrogen-bond donors (Lipinski definition) is 1. The lowest BCUT2D eigenvalue weighted by Crippen LogP contribution is -2.52. The summed E-state index contributed by atoms with van der Waals surface area (Å²) >= 11 is 1.39. The van der Waals surface area contributed by atoms with Crippen molar-refractivity contribution < 1.29 is 19.1 Å². The predicted octanol–water partition coefficient (Wildman–Crippen LogP) is 0.832. The van der Waals surface area contributed by atoms with Crippen molar-refractivity contribution in [2.24, 2.45) is 5.92 Å². The lowest BCUT2D eigenvalue weighted by atomic mass is 9.92. The van der Waals surface area contributed by atoms with Crippen molar-refractivity contribution in [1.29, 1.82) is 0 Å². The quantitative estimate of drug-likeness (QED) is 0.585. The highest BCUT2D eigenvalue weighted by Crippen LogP contribution is 2.19. The maximum atomic E-state index is 12.3. The van der Waals surface area contributed by atoms with Crippen LogP contribution in [0.2, 0.25) is 0 Å². The topological polar surface area (TPSA) is 71.1 Å². The summed E-state index contributed by atoms with van der Waals surface area (Å²) in [6, 6.07) is 0.354. The smallest absolute Gasteiger partial charge is 0.232 e. The predicted molar refractivity (Wildman–Crippen MR) is 108 cm³/mol. The normalized spacial score (nSPS) is 19.9. The van der Waals surface area contributed by atoms with Gasteiger partial charge in [-0.25, -0.2) is 0 Å². The standard InChI is InChI=1S/C19H35N3O4S/c1-3-16(4-2)17(21-5-9-25-10-6-21)13-20-18(23)14-27-15-19(24)22-7-11-26-12-8-22/h16-17H,3-15H2,1-2H3,(H,20,23). The molecule has 1 atom stereocenters. The molecule has 2 fully saturated rings. The fourth-order valence-corrected chi connectivity index (χ4v) is 4.49. The second-order valence-electron chi connectivity index (χ2n) is 7.08. The highest BCUT2D eigenvalue weighted by molar-refractivity contribution is 8.00. The van der Waals surface area contributed by atoms with E-state index in [1.807, 2.05) is 4.90 Å². The van der Waals surface area contributed by atoms with E-state index in [0.29, 0.717) is 56.3 Å². The fraction of sp³-hybridized carbons (Fsp3) is 0.895. The number of amides is 2. The monoisotopic (exact) mass is 401 g/mol. The molecular formula is C19H35N3O4S. The molecule has 7 nitrogen and oxygen atoms in total. The van der Waals surface area contributed by atoms with E-state index in [4.69, 9.17) is 9.47 Å². The number of nitrogens with zero attached hydrogens (tertiary/aromatic N) is 2. The van der Waals surface area contributed by atoms with Gasteiger partial charge >= 0.3 is 0 Å². The van der Waals surface area contributed by atoms with Gasteiger partial charge in [-0.15, -0.1) is 11.8 Å². The highest BCUT2D eigenvalue weighted by Gasteiger charge is 2.27. The van der Waals surface area contributed by atoms with E-state index in [-0.39, 0.29) is 11.8 Å². The molecule has 156 valence electrons. The van der Waals surface area contributed by atoms with Crippen LogP contribution in [-0.4, -0.2) is 98.3 Å². The summed E-state index contributed by atoms with van der Waals surface area (Å²) in [5, 5.41) is 3.10. The third-order valence-corrected chi connectivity index (χ3v) is 6.36. The van der Waals surface area contributed by atoms with Crippen molar-refractivity contribution >= 4 is 23.6 Å². The number of thioether (sulfide) groups is 1. The number of carbonyl (C=O) groups is 2. The summed E-state index contributed by atoms with van der Waals surface area (Å²) < 4.78 is 10.7. The molecule has 2 saturated heterocycles. The molecule has 0 aromatic carbocycles. The van der Waals surface area contributed by atoms with Crippen LogP contribution in [0.1, 0.15) is 26.7 Å². The van der Waals surface area contributed by atoms with Gasteiger partial charge in [-0.3, -0.25) is 14.5 Å². The lowest BCUT2D eigenvalue weighted by Gasteiger charge is -2.38. The Morgan fingerprint density at radius 1 is 0.963 bits per heavy atom. The summed E-state index contributed by atoms with van der Waals surface area (Å²) in [7, 11) is 0. The molecule has 0 saturated carbocycles. The number of rotatable bonds is 10.